The number of aryl methyl sites for hydroxylation is 1. The molecule has 0 spiro atoms. The number of hydrogen-bond acceptors (Lipinski definition) is 4. The van der Waals surface area contributed by atoms with Gasteiger partial charge in [-0.05, 0) is 47.5 Å². The number of amides is 1. The third-order valence-electron chi connectivity index (χ3n) is 4.38. The van der Waals surface area contributed by atoms with E-state index in [4.69, 9.17) is 4.52 Å². The molecule has 0 saturated carbocycles. The zero-order valence-corrected chi connectivity index (χ0v) is 14.5. The second kappa shape index (κ2) is 5.51. The molecular weight excluding hydrogens is 292 g/mol. The lowest BCUT2D eigenvalue weighted by molar-refractivity contribution is 0.0729. The van der Waals surface area contributed by atoms with Crippen LogP contribution in [0.2, 0.25) is 0 Å². The molecule has 2 aromatic heterocycles. The fourth-order valence-electron chi connectivity index (χ4n) is 3.31. The van der Waals surface area contributed by atoms with Crippen molar-refractivity contribution in [3.63, 3.8) is 0 Å². The minimum absolute atomic E-state index is 0.00247. The van der Waals surface area contributed by atoms with Crippen molar-refractivity contribution in [1.29, 1.82) is 0 Å². The summed E-state index contributed by atoms with van der Waals surface area (Å²) in [5, 5.41) is 8.52. The van der Waals surface area contributed by atoms with Crippen LogP contribution in [-0.4, -0.2) is 32.3 Å². The molecule has 0 aromatic carbocycles. The summed E-state index contributed by atoms with van der Waals surface area (Å²) in [5.74, 6) is 0.803. The van der Waals surface area contributed by atoms with E-state index in [1.54, 1.807) is 6.20 Å². The summed E-state index contributed by atoms with van der Waals surface area (Å²) in [5.41, 5.74) is 2.28. The molecule has 0 bridgehead atoms. The Morgan fingerprint density at radius 1 is 1.35 bits per heavy atom. The van der Waals surface area contributed by atoms with Crippen molar-refractivity contribution in [1.82, 2.24) is 19.8 Å². The second-order valence-corrected chi connectivity index (χ2v) is 7.25. The molecule has 1 saturated heterocycles. The first kappa shape index (κ1) is 15.8. The molecule has 3 heterocycles. The topological polar surface area (TPSA) is 64.2 Å². The van der Waals surface area contributed by atoms with Gasteiger partial charge in [-0.25, -0.2) is 0 Å². The first-order chi connectivity index (χ1) is 10.8. The van der Waals surface area contributed by atoms with Crippen LogP contribution in [0.25, 0.3) is 0 Å². The summed E-state index contributed by atoms with van der Waals surface area (Å²) in [6.45, 7) is 10.8. The maximum absolute atomic E-state index is 13.0. The monoisotopic (exact) mass is 316 g/mol. The van der Waals surface area contributed by atoms with E-state index in [2.05, 4.69) is 31.0 Å². The molecule has 23 heavy (non-hydrogen) atoms. The molecule has 6 nitrogen and oxygen atoms in total. The Bertz CT molecular complexity index is 723. The lowest BCUT2D eigenvalue weighted by Gasteiger charge is -2.24. The van der Waals surface area contributed by atoms with E-state index in [1.165, 1.54) is 0 Å². The Morgan fingerprint density at radius 3 is 2.65 bits per heavy atom. The average Bonchev–Trinajstić information content (AvgIpc) is 3.15. The van der Waals surface area contributed by atoms with E-state index in [1.807, 2.05) is 29.5 Å². The van der Waals surface area contributed by atoms with Gasteiger partial charge < -0.3 is 9.42 Å². The van der Waals surface area contributed by atoms with Crippen molar-refractivity contribution in [2.24, 2.45) is 0 Å². The Hall–Kier alpha value is -2.11. The summed E-state index contributed by atoms with van der Waals surface area (Å²) in [4.78, 5) is 14.9. The summed E-state index contributed by atoms with van der Waals surface area (Å²) in [7, 11) is 0. The van der Waals surface area contributed by atoms with Crippen molar-refractivity contribution in [2.45, 2.75) is 59.0 Å². The predicted octanol–water partition coefficient (Wildman–Crippen LogP) is 3.22. The van der Waals surface area contributed by atoms with E-state index in [0.29, 0.717) is 5.56 Å². The highest BCUT2D eigenvalue weighted by Gasteiger charge is 2.34. The number of nitrogens with zero attached hydrogens (tertiary/aromatic N) is 4. The molecule has 2 aromatic rings. The lowest BCUT2D eigenvalue weighted by Crippen LogP contribution is -2.31. The molecule has 0 N–H and O–H groups in total. The molecule has 1 aliphatic rings. The number of rotatable bonds is 2. The molecule has 1 fully saturated rings. The van der Waals surface area contributed by atoms with Gasteiger partial charge in [-0.15, -0.1) is 0 Å². The van der Waals surface area contributed by atoms with Crippen LogP contribution in [0.4, 0.5) is 0 Å². The fourth-order valence-corrected chi connectivity index (χ4v) is 3.31. The molecule has 3 rings (SSSR count). The van der Waals surface area contributed by atoms with Crippen molar-refractivity contribution in [3.05, 3.63) is 35.0 Å². The van der Waals surface area contributed by atoms with E-state index in [9.17, 15) is 4.79 Å². The van der Waals surface area contributed by atoms with Crippen LogP contribution >= 0.6 is 0 Å². The summed E-state index contributed by atoms with van der Waals surface area (Å²) < 4.78 is 7.09. The highest BCUT2D eigenvalue weighted by atomic mass is 16.5. The SMILES string of the molecule is Cc1cc(C2CCCN2C(=O)c2cnn(C(C)(C)C)c2C)no1. The number of aromatic nitrogens is 3. The maximum Gasteiger partial charge on any atom is 0.257 e. The van der Waals surface area contributed by atoms with E-state index in [0.717, 1.165) is 36.5 Å². The Kier molecular flexibility index (Phi) is 3.78. The van der Waals surface area contributed by atoms with Gasteiger partial charge in [-0.2, -0.15) is 5.10 Å². The van der Waals surface area contributed by atoms with E-state index < -0.39 is 0 Å². The minimum atomic E-state index is -0.143. The Labute approximate surface area is 136 Å². The zero-order chi connectivity index (χ0) is 16.8. The third-order valence-corrected chi connectivity index (χ3v) is 4.38. The molecule has 1 unspecified atom stereocenters. The van der Waals surface area contributed by atoms with Gasteiger partial charge in [0.1, 0.15) is 11.5 Å². The van der Waals surface area contributed by atoms with Crippen LogP contribution in [0.1, 0.15) is 67.2 Å². The fraction of sp³-hybridized carbons (Fsp3) is 0.588. The van der Waals surface area contributed by atoms with Gasteiger partial charge >= 0.3 is 0 Å². The van der Waals surface area contributed by atoms with Crippen molar-refractivity contribution in [2.75, 3.05) is 6.54 Å². The Morgan fingerprint density at radius 2 is 2.09 bits per heavy atom. The van der Waals surface area contributed by atoms with Gasteiger partial charge in [0, 0.05) is 18.3 Å². The summed E-state index contributed by atoms with van der Waals surface area (Å²) in [6.07, 6.45) is 3.59. The van der Waals surface area contributed by atoms with E-state index in [-0.39, 0.29) is 17.5 Å². The molecule has 0 radical (unpaired) electrons. The van der Waals surface area contributed by atoms with Crippen LogP contribution in [0.15, 0.2) is 16.8 Å². The second-order valence-electron chi connectivity index (χ2n) is 7.25. The third kappa shape index (κ3) is 2.78. The van der Waals surface area contributed by atoms with Crippen LogP contribution < -0.4 is 0 Å². The van der Waals surface area contributed by atoms with E-state index >= 15 is 0 Å². The molecular formula is C17H24N4O2. The molecule has 0 aliphatic carbocycles. The average molecular weight is 316 g/mol. The highest BCUT2D eigenvalue weighted by molar-refractivity contribution is 5.95. The number of likely N-dealkylation sites (tertiary alicyclic amines) is 1. The van der Waals surface area contributed by atoms with Gasteiger partial charge in [-0.1, -0.05) is 5.16 Å². The molecule has 124 valence electrons. The lowest BCUT2D eigenvalue weighted by atomic mass is 10.1. The van der Waals surface area contributed by atoms with Gasteiger partial charge in [0.15, 0.2) is 0 Å². The summed E-state index contributed by atoms with van der Waals surface area (Å²) in [6, 6.07) is 1.92. The predicted molar refractivity (Wildman–Crippen MR) is 86.2 cm³/mol. The van der Waals surface area contributed by atoms with Crippen molar-refractivity contribution < 1.29 is 9.32 Å². The zero-order valence-electron chi connectivity index (χ0n) is 14.5. The normalized spacial score (nSPS) is 18.7. The number of hydrogen-bond donors (Lipinski definition) is 0. The first-order valence-corrected chi connectivity index (χ1v) is 8.08. The van der Waals surface area contributed by atoms with Crippen molar-refractivity contribution >= 4 is 5.91 Å². The Balaban J connectivity index is 1.89. The molecule has 1 aliphatic heterocycles. The summed E-state index contributed by atoms with van der Waals surface area (Å²) >= 11 is 0. The quantitative estimate of drug-likeness (QED) is 0.853. The van der Waals surface area contributed by atoms with Crippen LogP contribution in [0, 0.1) is 13.8 Å². The van der Waals surface area contributed by atoms with Crippen LogP contribution in [-0.2, 0) is 5.54 Å². The van der Waals surface area contributed by atoms with Crippen LogP contribution in [0.5, 0.6) is 0 Å². The number of carbonyl (C=O) groups excluding carboxylic acids is 1. The first-order valence-electron chi connectivity index (χ1n) is 8.08. The van der Waals surface area contributed by atoms with Gasteiger partial charge in [-0.3, -0.25) is 9.48 Å². The van der Waals surface area contributed by atoms with Crippen LogP contribution in [0.3, 0.4) is 0 Å². The largest absolute Gasteiger partial charge is 0.361 e. The molecule has 1 amide bonds. The van der Waals surface area contributed by atoms with Gasteiger partial charge in [0.25, 0.3) is 5.91 Å². The van der Waals surface area contributed by atoms with Gasteiger partial charge in [0.2, 0.25) is 0 Å². The minimum Gasteiger partial charge on any atom is -0.361 e. The highest BCUT2D eigenvalue weighted by Crippen LogP contribution is 2.33. The number of carbonyl (C=O) groups is 1. The molecule has 1 atom stereocenters. The maximum atomic E-state index is 13.0. The standard InChI is InChI=1S/C17H24N4O2/c1-11-9-14(19-23-11)15-7-6-8-20(15)16(22)13-10-18-21(12(13)2)17(3,4)5/h9-10,15H,6-8H2,1-5H3. The van der Waals surface area contributed by atoms with Gasteiger partial charge in [0.05, 0.1) is 23.3 Å². The van der Waals surface area contributed by atoms with Crippen molar-refractivity contribution in [3.8, 4) is 0 Å². The smallest absolute Gasteiger partial charge is 0.257 e. The molecule has 6 heteroatoms.